The summed E-state index contributed by atoms with van der Waals surface area (Å²) in [6.45, 7) is 8.73. The standard InChI is InChI=1S/C20H26N6O/c1-3-8-21-19(27)14-24-9-11-25(12-10-24)20-16-6-4-5-7-17(16)26-18(22-20)13-15(2)23-26/h4-7,13H,3,8-12,14H2,1-2H3,(H,21,27). The second-order valence-corrected chi connectivity index (χ2v) is 7.12. The Hall–Kier alpha value is -2.67. The van der Waals surface area contributed by atoms with E-state index in [0.717, 1.165) is 67.2 Å². The summed E-state index contributed by atoms with van der Waals surface area (Å²) in [5.41, 5.74) is 2.92. The Balaban J connectivity index is 1.54. The second-order valence-electron chi connectivity index (χ2n) is 7.12. The summed E-state index contributed by atoms with van der Waals surface area (Å²) in [5, 5.41) is 8.65. The summed E-state index contributed by atoms with van der Waals surface area (Å²) >= 11 is 0. The molecule has 3 aromatic rings. The highest BCUT2D eigenvalue weighted by atomic mass is 16.2. The molecule has 0 radical (unpaired) electrons. The maximum atomic E-state index is 12.0. The number of fused-ring (bicyclic) bond motifs is 3. The van der Waals surface area contributed by atoms with Gasteiger partial charge in [-0.25, -0.2) is 9.50 Å². The number of carbonyl (C=O) groups is 1. The molecule has 0 spiro atoms. The molecular formula is C20H26N6O. The molecule has 142 valence electrons. The molecule has 3 heterocycles. The summed E-state index contributed by atoms with van der Waals surface area (Å²) in [4.78, 5) is 21.4. The van der Waals surface area contributed by atoms with Crippen molar-refractivity contribution in [3.05, 3.63) is 36.0 Å². The zero-order chi connectivity index (χ0) is 18.8. The van der Waals surface area contributed by atoms with Crippen molar-refractivity contribution in [2.45, 2.75) is 20.3 Å². The van der Waals surface area contributed by atoms with Crippen LogP contribution in [0.2, 0.25) is 0 Å². The number of carbonyl (C=O) groups excluding carboxylic acids is 1. The molecule has 27 heavy (non-hydrogen) atoms. The van der Waals surface area contributed by atoms with Crippen LogP contribution in [0.5, 0.6) is 0 Å². The first kappa shape index (κ1) is 17.7. The lowest BCUT2D eigenvalue weighted by atomic mass is 10.2. The molecule has 2 aromatic heterocycles. The Labute approximate surface area is 159 Å². The fraction of sp³-hybridized carbons (Fsp3) is 0.450. The van der Waals surface area contributed by atoms with Crippen LogP contribution in [0.25, 0.3) is 16.6 Å². The maximum absolute atomic E-state index is 12.0. The number of nitrogens with one attached hydrogen (secondary N) is 1. The van der Waals surface area contributed by atoms with Gasteiger partial charge >= 0.3 is 0 Å². The number of rotatable bonds is 5. The Bertz CT molecular complexity index is 958. The van der Waals surface area contributed by atoms with Gasteiger partial charge in [-0.15, -0.1) is 0 Å². The van der Waals surface area contributed by atoms with E-state index in [4.69, 9.17) is 4.98 Å². The van der Waals surface area contributed by atoms with Gasteiger partial charge in [0.25, 0.3) is 0 Å². The highest BCUT2D eigenvalue weighted by molar-refractivity contribution is 5.91. The third-order valence-electron chi connectivity index (χ3n) is 5.02. The topological polar surface area (TPSA) is 65.8 Å². The number of hydrogen-bond donors (Lipinski definition) is 1. The normalized spacial score (nSPS) is 15.6. The van der Waals surface area contributed by atoms with Crippen LogP contribution in [0.15, 0.2) is 30.3 Å². The predicted octanol–water partition coefficient (Wildman–Crippen LogP) is 1.84. The van der Waals surface area contributed by atoms with E-state index in [1.54, 1.807) is 0 Å². The van der Waals surface area contributed by atoms with Gasteiger partial charge in [0.2, 0.25) is 5.91 Å². The SMILES string of the molecule is CCCNC(=O)CN1CCN(c2nc3cc(C)nn3c3ccccc23)CC1. The average Bonchev–Trinajstić information content (AvgIpc) is 3.07. The molecule has 1 aromatic carbocycles. The number of piperazine rings is 1. The largest absolute Gasteiger partial charge is 0.355 e. The Morgan fingerprint density at radius 1 is 1.19 bits per heavy atom. The van der Waals surface area contributed by atoms with Crippen molar-refractivity contribution < 1.29 is 4.79 Å². The molecule has 1 fully saturated rings. The molecule has 7 nitrogen and oxygen atoms in total. The molecule has 1 saturated heterocycles. The highest BCUT2D eigenvalue weighted by Gasteiger charge is 2.22. The van der Waals surface area contributed by atoms with Crippen molar-refractivity contribution in [1.29, 1.82) is 0 Å². The summed E-state index contributed by atoms with van der Waals surface area (Å²) in [6, 6.07) is 10.3. The zero-order valence-corrected chi connectivity index (χ0v) is 16.0. The highest BCUT2D eigenvalue weighted by Crippen LogP contribution is 2.27. The summed E-state index contributed by atoms with van der Waals surface area (Å²) in [7, 11) is 0. The van der Waals surface area contributed by atoms with Crippen molar-refractivity contribution in [3.63, 3.8) is 0 Å². The van der Waals surface area contributed by atoms with Gasteiger partial charge in [-0.2, -0.15) is 5.10 Å². The first-order valence-electron chi connectivity index (χ1n) is 9.65. The lowest BCUT2D eigenvalue weighted by Gasteiger charge is -2.35. The Morgan fingerprint density at radius 2 is 1.96 bits per heavy atom. The van der Waals surface area contributed by atoms with Crippen LogP contribution in [0.4, 0.5) is 5.82 Å². The monoisotopic (exact) mass is 366 g/mol. The van der Waals surface area contributed by atoms with E-state index in [9.17, 15) is 4.79 Å². The minimum atomic E-state index is 0.116. The lowest BCUT2D eigenvalue weighted by molar-refractivity contribution is -0.122. The van der Waals surface area contributed by atoms with Crippen molar-refractivity contribution >= 4 is 28.3 Å². The summed E-state index contributed by atoms with van der Waals surface area (Å²) in [5.74, 6) is 1.12. The first-order chi connectivity index (χ1) is 13.2. The van der Waals surface area contributed by atoms with E-state index < -0.39 is 0 Å². The molecule has 1 aliphatic heterocycles. The molecule has 4 rings (SSSR count). The smallest absolute Gasteiger partial charge is 0.234 e. The molecule has 1 N–H and O–H groups in total. The van der Waals surface area contributed by atoms with Gasteiger partial charge in [-0.3, -0.25) is 9.69 Å². The summed E-state index contributed by atoms with van der Waals surface area (Å²) < 4.78 is 1.92. The molecule has 0 saturated carbocycles. The number of amides is 1. The van der Waals surface area contributed by atoms with Crippen LogP contribution in [0, 0.1) is 6.92 Å². The van der Waals surface area contributed by atoms with E-state index in [-0.39, 0.29) is 5.91 Å². The maximum Gasteiger partial charge on any atom is 0.234 e. The molecule has 7 heteroatoms. The number of benzene rings is 1. The van der Waals surface area contributed by atoms with Gasteiger partial charge in [0, 0.05) is 44.2 Å². The second kappa shape index (κ2) is 7.52. The lowest BCUT2D eigenvalue weighted by Crippen LogP contribution is -2.49. The van der Waals surface area contributed by atoms with E-state index >= 15 is 0 Å². The van der Waals surface area contributed by atoms with E-state index in [1.807, 2.05) is 29.6 Å². The van der Waals surface area contributed by atoms with E-state index in [0.29, 0.717) is 6.54 Å². The Kier molecular flexibility index (Phi) is 4.94. The molecule has 0 unspecified atom stereocenters. The van der Waals surface area contributed by atoms with Crippen LogP contribution in [0.1, 0.15) is 19.0 Å². The van der Waals surface area contributed by atoms with Gasteiger partial charge in [0.1, 0.15) is 5.82 Å². The van der Waals surface area contributed by atoms with Crippen molar-refractivity contribution in [3.8, 4) is 0 Å². The van der Waals surface area contributed by atoms with Crippen molar-refractivity contribution in [2.24, 2.45) is 0 Å². The summed E-state index contributed by atoms with van der Waals surface area (Å²) in [6.07, 6.45) is 0.967. The third-order valence-corrected chi connectivity index (χ3v) is 5.02. The van der Waals surface area contributed by atoms with Gasteiger partial charge in [0.15, 0.2) is 5.65 Å². The predicted molar refractivity (Wildman–Crippen MR) is 107 cm³/mol. The van der Waals surface area contributed by atoms with E-state index in [1.165, 1.54) is 0 Å². The van der Waals surface area contributed by atoms with Crippen LogP contribution in [-0.2, 0) is 4.79 Å². The van der Waals surface area contributed by atoms with Crippen LogP contribution >= 0.6 is 0 Å². The number of para-hydroxylation sites is 1. The quantitative estimate of drug-likeness (QED) is 0.746. The molecular weight excluding hydrogens is 340 g/mol. The van der Waals surface area contributed by atoms with Crippen LogP contribution < -0.4 is 10.2 Å². The number of anilines is 1. The fourth-order valence-corrected chi connectivity index (χ4v) is 3.64. The van der Waals surface area contributed by atoms with Crippen LogP contribution in [0.3, 0.4) is 0 Å². The van der Waals surface area contributed by atoms with Crippen LogP contribution in [-0.4, -0.2) is 64.7 Å². The van der Waals surface area contributed by atoms with Gasteiger partial charge in [-0.1, -0.05) is 19.1 Å². The number of aryl methyl sites for hydroxylation is 1. The number of aromatic nitrogens is 3. The Morgan fingerprint density at radius 3 is 2.74 bits per heavy atom. The molecule has 0 aliphatic carbocycles. The first-order valence-corrected chi connectivity index (χ1v) is 9.65. The minimum absolute atomic E-state index is 0.116. The van der Waals surface area contributed by atoms with E-state index in [2.05, 4.69) is 39.3 Å². The van der Waals surface area contributed by atoms with Crippen molar-refractivity contribution in [2.75, 3.05) is 44.2 Å². The van der Waals surface area contributed by atoms with Gasteiger partial charge in [0.05, 0.1) is 17.8 Å². The van der Waals surface area contributed by atoms with Crippen molar-refractivity contribution in [1.82, 2.24) is 24.8 Å². The number of nitrogens with zero attached hydrogens (tertiary/aromatic N) is 5. The minimum Gasteiger partial charge on any atom is -0.355 e. The number of hydrogen-bond acceptors (Lipinski definition) is 5. The molecule has 1 aliphatic rings. The third kappa shape index (κ3) is 3.60. The molecule has 0 bridgehead atoms. The molecule has 1 amide bonds. The fourth-order valence-electron chi connectivity index (χ4n) is 3.64. The van der Waals surface area contributed by atoms with Gasteiger partial charge < -0.3 is 10.2 Å². The average molecular weight is 366 g/mol. The molecule has 0 atom stereocenters. The zero-order valence-electron chi connectivity index (χ0n) is 16.0. The van der Waals surface area contributed by atoms with Gasteiger partial charge in [-0.05, 0) is 25.5 Å².